The number of hydrazone groups is 1. The van der Waals surface area contributed by atoms with Crippen molar-refractivity contribution >= 4 is 58.3 Å². The molecule has 9 nitrogen and oxygen atoms in total. The third kappa shape index (κ3) is 6.40. The van der Waals surface area contributed by atoms with Gasteiger partial charge in [-0.15, -0.1) is 5.10 Å². The number of ether oxygens (including phenoxy) is 1. The highest BCUT2D eigenvalue weighted by molar-refractivity contribution is 6.39. The molecule has 0 amide bonds. The monoisotopic (exact) mass is 541 g/mol. The molecule has 4 rings (SSSR count). The number of nitrogens with one attached hydrogen (secondary N) is 1. The fourth-order valence-electron chi connectivity index (χ4n) is 2.78. The lowest BCUT2D eigenvalue weighted by atomic mass is 10.1. The Morgan fingerprint density at radius 3 is 2.31 bits per heavy atom. The van der Waals surface area contributed by atoms with Crippen molar-refractivity contribution in [1.82, 2.24) is 9.97 Å². The maximum atomic E-state index is 11.6. The number of alkyl halides is 3. The van der Waals surface area contributed by atoms with Gasteiger partial charge in [-0.1, -0.05) is 41.4 Å². The largest absolute Gasteiger partial charge is 0.490 e. The number of aromatic nitrogens is 2. The number of hydrogen-bond donors (Lipinski definition) is 2. The number of halogens is 5. The number of rotatable bonds is 4. The molecular formula is C22H16Cl2F3N5O4. The Hall–Kier alpha value is -3.90. The summed E-state index contributed by atoms with van der Waals surface area (Å²) in [6.07, 6.45) is -3.55. The van der Waals surface area contributed by atoms with Crippen LogP contribution in [0.25, 0.3) is 0 Å². The van der Waals surface area contributed by atoms with E-state index in [0.29, 0.717) is 44.4 Å². The summed E-state index contributed by atoms with van der Waals surface area (Å²) >= 11 is 12.5. The van der Waals surface area contributed by atoms with E-state index in [2.05, 4.69) is 20.4 Å². The predicted molar refractivity (Wildman–Crippen MR) is 127 cm³/mol. The molecule has 1 aliphatic rings. The van der Waals surface area contributed by atoms with Crippen LogP contribution in [0.4, 0.5) is 30.6 Å². The first kappa shape index (κ1) is 26.7. The minimum absolute atomic E-state index is 0.0201. The van der Waals surface area contributed by atoms with Crippen LogP contribution in [-0.4, -0.2) is 45.9 Å². The van der Waals surface area contributed by atoms with E-state index in [1.807, 2.05) is 6.07 Å². The molecule has 2 N–H and O–H groups in total. The Bertz CT molecular complexity index is 1330. The number of carboxylic acid groups (broad SMARTS) is 1. The molecule has 0 saturated carbocycles. The van der Waals surface area contributed by atoms with E-state index in [1.54, 1.807) is 48.5 Å². The highest BCUT2D eigenvalue weighted by atomic mass is 35.5. The zero-order valence-corrected chi connectivity index (χ0v) is 20.0. The molecule has 0 radical (unpaired) electrons. The predicted octanol–water partition coefficient (Wildman–Crippen LogP) is 5.55. The summed E-state index contributed by atoms with van der Waals surface area (Å²) in [7, 11) is 1.74. The Labute approximate surface area is 212 Å². The lowest BCUT2D eigenvalue weighted by Gasteiger charge is -2.24. The number of nitrogens with zero attached hydrogens (tertiary/aromatic N) is 4. The average Bonchev–Trinajstić information content (AvgIpc) is 2.79. The van der Waals surface area contributed by atoms with Gasteiger partial charge < -0.3 is 15.2 Å². The van der Waals surface area contributed by atoms with Gasteiger partial charge in [0.2, 0.25) is 11.8 Å². The molecule has 2 heterocycles. The van der Waals surface area contributed by atoms with E-state index < -0.39 is 12.1 Å². The van der Waals surface area contributed by atoms with Gasteiger partial charge in [0.05, 0.1) is 21.8 Å². The molecule has 3 aromatic rings. The molecule has 2 aromatic carbocycles. The first-order valence-electron chi connectivity index (χ1n) is 9.86. The second-order valence-corrected chi connectivity index (χ2v) is 7.89. The van der Waals surface area contributed by atoms with E-state index >= 15 is 0 Å². The van der Waals surface area contributed by atoms with Crippen LogP contribution in [0.2, 0.25) is 10.0 Å². The van der Waals surface area contributed by atoms with E-state index in [9.17, 15) is 18.0 Å². The van der Waals surface area contributed by atoms with Crippen LogP contribution >= 0.6 is 23.2 Å². The number of ketones is 1. The standard InChI is InChI=1S/C20H15Cl2N5O2.C2HF3O2/c1-11(28)12-5-3-6-13(9-12)24-20-23-10-16-18(25-20)27(2)26-19(29-16)17-14(21)7-4-8-15(17)22;3-2(4,5)1(6)7/h3-10H,1-2H3,(H,23,24,25);(H,6,7). The van der Waals surface area contributed by atoms with E-state index in [1.165, 1.54) is 13.1 Å². The zero-order valence-electron chi connectivity index (χ0n) is 18.5. The zero-order chi connectivity index (χ0) is 26.6. The van der Waals surface area contributed by atoms with E-state index in [-0.39, 0.29) is 11.7 Å². The summed E-state index contributed by atoms with van der Waals surface area (Å²) in [6.45, 7) is 1.52. The molecule has 1 aromatic heterocycles. The average molecular weight is 542 g/mol. The number of Topliss-reactive ketones (excluding diaryl/α,β-unsaturated/α-hetero) is 1. The number of carbonyl (C=O) groups is 2. The van der Waals surface area contributed by atoms with Gasteiger partial charge in [0.15, 0.2) is 17.4 Å². The van der Waals surface area contributed by atoms with Crippen LogP contribution < -0.4 is 15.1 Å². The van der Waals surface area contributed by atoms with Gasteiger partial charge in [-0.3, -0.25) is 4.79 Å². The Morgan fingerprint density at radius 1 is 1.11 bits per heavy atom. The fraction of sp³-hybridized carbons (Fsp3) is 0.136. The molecule has 188 valence electrons. The van der Waals surface area contributed by atoms with Crippen molar-refractivity contribution in [2.45, 2.75) is 13.1 Å². The van der Waals surface area contributed by atoms with Crippen LogP contribution in [-0.2, 0) is 4.79 Å². The van der Waals surface area contributed by atoms with Gasteiger partial charge in [-0.2, -0.15) is 18.2 Å². The number of anilines is 3. The molecular weight excluding hydrogens is 526 g/mol. The number of fused-ring (bicyclic) bond motifs is 1. The maximum Gasteiger partial charge on any atom is 0.490 e. The third-order valence-corrected chi connectivity index (χ3v) is 5.06. The Morgan fingerprint density at radius 2 is 1.72 bits per heavy atom. The quantitative estimate of drug-likeness (QED) is 0.412. The second kappa shape index (κ2) is 10.8. The molecule has 0 fully saturated rings. The van der Waals surface area contributed by atoms with Crippen molar-refractivity contribution in [2.24, 2.45) is 5.10 Å². The van der Waals surface area contributed by atoms with Crippen molar-refractivity contribution < 1.29 is 32.6 Å². The van der Waals surface area contributed by atoms with Crippen LogP contribution in [0.5, 0.6) is 5.75 Å². The topological polar surface area (TPSA) is 117 Å². The van der Waals surface area contributed by atoms with Crippen LogP contribution in [0.3, 0.4) is 0 Å². The second-order valence-electron chi connectivity index (χ2n) is 7.07. The number of hydrogen-bond acceptors (Lipinski definition) is 8. The van der Waals surface area contributed by atoms with Gasteiger partial charge in [-0.25, -0.2) is 14.8 Å². The first-order valence-corrected chi connectivity index (χ1v) is 10.6. The lowest BCUT2D eigenvalue weighted by molar-refractivity contribution is -0.192. The summed E-state index contributed by atoms with van der Waals surface area (Å²) in [5, 5.41) is 17.0. The molecule has 0 bridgehead atoms. The van der Waals surface area contributed by atoms with E-state index in [0.717, 1.165) is 0 Å². The molecule has 0 atom stereocenters. The SMILES string of the molecule is CC(=O)c1cccc(Nc2ncc3c(n2)N(C)N=C(c2c(Cl)cccc2Cl)O3)c1.O=C(O)C(F)(F)F. The smallest absolute Gasteiger partial charge is 0.475 e. The summed E-state index contributed by atoms with van der Waals surface area (Å²) in [5.41, 5.74) is 1.79. The van der Waals surface area contributed by atoms with Crippen LogP contribution in [0.15, 0.2) is 53.8 Å². The lowest BCUT2D eigenvalue weighted by Crippen LogP contribution is -2.26. The van der Waals surface area contributed by atoms with Crippen molar-refractivity contribution in [2.75, 3.05) is 17.4 Å². The maximum absolute atomic E-state index is 11.6. The summed E-state index contributed by atoms with van der Waals surface area (Å²) < 4.78 is 37.6. The molecule has 0 aliphatic carbocycles. The van der Waals surface area contributed by atoms with Crippen LogP contribution in [0.1, 0.15) is 22.8 Å². The van der Waals surface area contributed by atoms with Crippen molar-refractivity contribution in [3.8, 4) is 5.75 Å². The molecule has 0 unspecified atom stereocenters. The highest BCUT2D eigenvalue weighted by Gasteiger charge is 2.38. The summed E-state index contributed by atoms with van der Waals surface area (Å²) in [6, 6.07) is 12.3. The minimum atomic E-state index is -5.08. The van der Waals surface area contributed by atoms with Gasteiger partial charge >= 0.3 is 12.1 Å². The normalized spacial score (nSPS) is 12.4. The number of carboxylic acids is 1. The first-order chi connectivity index (χ1) is 16.9. The summed E-state index contributed by atoms with van der Waals surface area (Å²) in [5.74, 6) is -1.29. The molecule has 0 saturated heterocycles. The number of benzene rings is 2. The summed E-state index contributed by atoms with van der Waals surface area (Å²) in [4.78, 5) is 29.2. The number of carbonyl (C=O) groups excluding carboxylic acids is 1. The third-order valence-electron chi connectivity index (χ3n) is 4.43. The number of aliphatic carboxylic acids is 1. The van der Waals surface area contributed by atoms with Gasteiger partial charge in [0.25, 0.3) is 0 Å². The molecule has 36 heavy (non-hydrogen) atoms. The Balaban J connectivity index is 0.000000454. The van der Waals surface area contributed by atoms with Gasteiger partial charge in [-0.05, 0) is 31.2 Å². The van der Waals surface area contributed by atoms with Gasteiger partial charge in [0, 0.05) is 18.3 Å². The van der Waals surface area contributed by atoms with Crippen molar-refractivity contribution in [1.29, 1.82) is 0 Å². The van der Waals surface area contributed by atoms with Crippen molar-refractivity contribution in [3.63, 3.8) is 0 Å². The minimum Gasteiger partial charge on any atom is -0.475 e. The fourth-order valence-corrected chi connectivity index (χ4v) is 3.34. The highest BCUT2D eigenvalue weighted by Crippen LogP contribution is 2.34. The van der Waals surface area contributed by atoms with Gasteiger partial charge in [0.1, 0.15) is 0 Å². The Kier molecular flexibility index (Phi) is 8.00. The molecule has 0 spiro atoms. The molecule has 1 aliphatic heterocycles. The molecule has 14 heteroatoms. The van der Waals surface area contributed by atoms with E-state index in [4.69, 9.17) is 37.8 Å². The van der Waals surface area contributed by atoms with Crippen molar-refractivity contribution in [3.05, 3.63) is 69.8 Å². The van der Waals surface area contributed by atoms with Crippen LogP contribution in [0, 0.1) is 0 Å².